The molecular weight excluding hydrogens is 265 g/mol. The SMILES string of the molecule is CC(C)(C)c1cc(CN)n(-c2ccc(F)c(Cl)c2)n1. The molecule has 0 saturated heterocycles. The van der Waals surface area contributed by atoms with Crippen LogP contribution in [0.15, 0.2) is 24.3 Å². The average Bonchev–Trinajstić information content (AvgIpc) is 2.76. The summed E-state index contributed by atoms with van der Waals surface area (Å²) in [5.41, 5.74) is 8.19. The molecule has 5 heteroatoms. The Labute approximate surface area is 117 Å². The number of nitrogens with zero attached hydrogens (tertiary/aromatic N) is 2. The third-order valence-corrected chi connectivity index (χ3v) is 3.20. The normalized spacial score (nSPS) is 11.9. The highest BCUT2D eigenvalue weighted by Crippen LogP contribution is 2.25. The highest BCUT2D eigenvalue weighted by atomic mass is 35.5. The van der Waals surface area contributed by atoms with Gasteiger partial charge in [0.2, 0.25) is 0 Å². The Balaban J connectivity index is 2.54. The summed E-state index contributed by atoms with van der Waals surface area (Å²) in [5, 5.41) is 4.63. The second kappa shape index (κ2) is 4.94. The van der Waals surface area contributed by atoms with E-state index in [1.54, 1.807) is 16.8 Å². The summed E-state index contributed by atoms with van der Waals surface area (Å²) in [7, 11) is 0. The second-order valence-electron chi connectivity index (χ2n) is 5.49. The van der Waals surface area contributed by atoms with Crippen molar-refractivity contribution in [2.45, 2.75) is 32.7 Å². The number of halogens is 2. The third-order valence-electron chi connectivity index (χ3n) is 2.91. The molecule has 0 aliphatic carbocycles. The van der Waals surface area contributed by atoms with E-state index in [0.717, 1.165) is 11.4 Å². The van der Waals surface area contributed by atoms with Gasteiger partial charge in [0.15, 0.2) is 0 Å². The minimum atomic E-state index is -0.442. The van der Waals surface area contributed by atoms with Gasteiger partial charge in [0.1, 0.15) is 5.82 Å². The summed E-state index contributed by atoms with van der Waals surface area (Å²) < 4.78 is 14.9. The summed E-state index contributed by atoms with van der Waals surface area (Å²) in [6.07, 6.45) is 0. The molecule has 0 aliphatic rings. The lowest BCUT2D eigenvalue weighted by atomic mass is 9.92. The van der Waals surface area contributed by atoms with Gasteiger partial charge in [-0.25, -0.2) is 9.07 Å². The molecule has 0 amide bonds. The average molecular weight is 282 g/mol. The van der Waals surface area contributed by atoms with Crippen molar-refractivity contribution >= 4 is 11.6 Å². The van der Waals surface area contributed by atoms with Gasteiger partial charge in [-0.1, -0.05) is 32.4 Å². The van der Waals surface area contributed by atoms with Gasteiger partial charge >= 0.3 is 0 Å². The van der Waals surface area contributed by atoms with Crippen LogP contribution in [0.1, 0.15) is 32.2 Å². The predicted molar refractivity (Wildman–Crippen MR) is 75.1 cm³/mol. The summed E-state index contributed by atoms with van der Waals surface area (Å²) in [6, 6.07) is 6.49. The van der Waals surface area contributed by atoms with E-state index in [0.29, 0.717) is 12.2 Å². The summed E-state index contributed by atoms with van der Waals surface area (Å²) >= 11 is 5.81. The van der Waals surface area contributed by atoms with Crippen molar-refractivity contribution in [3.8, 4) is 5.69 Å². The lowest BCUT2D eigenvalue weighted by Crippen LogP contribution is -2.12. The van der Waals surface area contributed by atoms with Crippen LogP contribution in [0, 0.1) is 5.82 Å². The van der Waals surface area contributed by atoms with Gasteiger partial charge in [0, 0.05) is 12.0 Å². The molecule has 1 aromatic heterocycles. The van der Waals surface area contributed by atoms with Crippen LogP contribution in [0.5, 0.6) is 0 Å². The van der Waals surface area contributed by atoms with Gasteiger partial charge in [0.05, 0.1) is 22.1 Å². The topological polar surface area (TPSA) is 43.8 Å². The number of nitrogens with two attached hydrogens (primary N) is 1. The molecule has 0 bridgehead atoms. The molecule has 3 nitrogen and oxygen atoms in total. The Bertz CT molecular complexity index is 599. The number of benzene rings is 1. The van der Waals surface area contributed by atoms with Gasteiger partial charge in [-0.15, -0.1) is 0 Å². The molecule has 0 unspecified atom stereocenters. The van der Waals surface area contributed by atoms with E-state index in [4.69, 9.17) is 17.3 Å². The molecule has 2 aromatic rings. The van der Waals surface area contributed by atoms with Crippen LogP contribution in [-0.2, 0) is 12.0 Å². The van der Waals surface area contributed by atoms with Crippen molar-refractivity contribution < 1.29 is 4.39 Å². The Hall–Kier alpha value is -1.39. The van der Waals surface area contributed by atoms with Crippen molar-refractivity contribution in [3.05, 3.63) is 46.5 Å². The molecule has 0 fully saturated rings. The minimum Gasteiger partial charge on any atom is -0.325 e. The van der Waals surface area contributed by atoms with E-state index in [1.807, 2.05) is 6.07 Å². The smallest absolute Gasteiger partial charge is 0.141 e. The van der Waals surface area contributed by atoms with E-state index in [-0.39, 0.29) is 10.4 Å². The molecule has 2 rings (SSSR count). The van der Waals surface area contributed by atoms with Crippen molar-refractivity contribution in [3.63, 3.8) is 0 Å². The zero-order valence-corrected chi connectivity index (χ0v) is 12.0. The number of aromatic nitrogens is 2. The molecule has 0 aliphatic heterocycles. The van der Waals surface area contributed by atoms with Gasteiger partial charge in [-0.2, -0.15) is 5.10 Å². The summed E-state index contributed by atoms with van der Waals surface area (Å²) in [6.45, 7) is 6.60. The van der Waals surface area contributed by atoms with E-state index in [1.165, 1.54) is 6.07 Å². The van der Waals surface area contributed by atoms with Crippen LogP contribution in [-0.4, -0.2) is 9.78 Å². The Kier molecular flexibility index (Phi) is 3.65. The highest BCUT2D eigenvalue weighted by Gasteiger charge is 2.20. The Morgan fingerprint density at radius 3 is 2.53 bits per heavy atom. The Morgan fingerprint density at radius 1 is 1.32 bits per heavy atom. The van der Waals surface area contributed by atoms with Gasteiger partial charge in [-0.05, 0) is 24.3 Å². The molecule has 1 aromatic carbocycles. The lowest BCUT2D eigenvalue weighted by molar-refractivity contribution is 0.559. The van der Waals surface area contributed by atoms with Crippen LogP contribution in [0.3, 0.4) is 0 Å². The van der Waals surface area contributed by atoms with Crippen LogP contribution >= 0.6 is 11.6 Å². The fourth-order valence-corrected chi connectivity index (χ4v) is 1.95. The molecule has 19 heavy (non-hydrogen) atoms. The maximum absolute atomic E-state index is 13.2. The first-order chi connectivity index (χ1) is 8.82. The number of hydrogen-bond donors (Lipinski definition) is 1. The van der Waals surface area contributed by atoms with Crippen molar-refractivity contribution in [2.75, 3.05) is 0 Å². The highest BCUT2D eigenvalue weighted by molar-refractivity contribution is 6.30. The standard InChI is InChI=1S/C14H17ClFN3/c1-14(2,3)13-7-10(8-17)19(18-13)9-4-5-12(16)11(15)6-9/h4-7H,8,17H2,1-3H3. The van der Waals surface area contributed by atoms with Crippen molar-refractivity contribution in [2.24, 2.45) is 5.73 Å². The second-order valence-corrected chi connectivity index (χ2v) is 5.89. The number of rotatable bonds is 2. The van der Waals surface area contributed by atoms with Gasteiger partial charge in [-0.3, -0.25) is 0 Å². The van der Waals surface area contributed by atoms with Crippen LogP contribution < -0.4 is 5.73 Å². The van der Waals surface area contributed by atoms with Crippen LogP contribution in [0.25, 0.3) is 5.69 Å². The lowest BCUT2D eigenvalue weighted by Gasteiger charge is -2.14. The molecule has 102 valence electrons. The largest absolute Gasteiger partial charge is 0.325 e. The zero-order valence-electron chi connectivity index (χ0n) is 11.2. The molecular formula is C14H17ClFN3. The predicted octanol–water partition coefficient (Wildman–Crippen LogP) is 3.42. The fourth-order valence-electron chi connectivity index (χ4n) is 1.77. The van der Waals surface area contributed by atoms with E-state index >= 15 is 0 Å². The first-order valence-electron chi connectivity index (χ1n) is 6.08. The van der Waals surface area contributed by atoms with Gasteiger partial charge in [0.25, 0.3) is 0 Å². The monoisotopic (exact) mass is 281 g/mol. The van der Waals surface area contributed by atoms with Gasteiger partial charge < -0.3 is 5.73 Å². The van der Waals surface area contributed by atoms with E-state index < -0.39 is 5.82 Å². The molecule has 0 spiro atoms. The van der Waals surface area contributed by atoms with Crippen LogP contribution in [0.4, 0.5) is 4.39 Å². The number of hydrogen-bond acceptors (Lipinski definition) is 2. The van der Waals surface area contributed by atoms with E-state index in [2.05, 4.69) is 25.9 Å². The fraction of sp³-hybridized carbons (Fsp3) is 0.357. The summed E-state index contributed by atoms with van der Waals surface area (Å²) in [4.78, 5) is 0. The molecule has 0 radical (unpaired) electrons. The van der Waals surface area contributed by atoms with Crippen molar-refractivity contribution in [1.29, 1.82) is 0 Å². The zero-order chi connectivity index (χ0) is 14.2. The minimum absolute atomic E-state index is 0.0704. The molecule has 0 atom stereocenters. The molecule has 1 heterocycles. The Morgan fingerprint density at radius 2 is 2.00 bits per heavy atom. The first-order valence-corrected chi connectivity index (χ1v) is 6.45. The summed E-state index contributed by atoms with van der Waals surface area (Å²) in [5.74, 6) is -0.442. The quantitative estimate of drug-likeness (QED) is 0.917. The first kappa shape index (κ1) is 14.0. The molecule has 0 saturated carbocycles. The van der Waals surface area contributed by atoms with Crippen LogP contribution in [0.2, 0.25) is 5.02 Å². The van der Waals surface area contributed by atoms with E-state index in [9.17, 15) is 4.39 Å². The third kappa shape index (κ3) is 2.80. The van der Waals surface area contributed by atoms with Crippen molar-refractivity contribution in [1.82, 2.24) is 9.78 Å². The molecule has 2 N–H and O–H groups in total. The maximum Gasteiger partial charge on any atom is 0.141 e. The maximum atomic E-state index is 13.2.